The highest BCUT2D eigenvalue weighted by Crippen LogP contribution is 2.20. The van der Waals surface area contributed by atoms with Crippen LogP contribution < -0.4 is 5.32 Å². The molecule has 2 amide bonds. The van der Waals surface area contributed by atoms with Crippen LogP contribution in [-0.2, 0) is 19.6 Å². The summed E-state index contributed by atoms with van der Waals surface area (Å²) >= 11 is 3.29. The SMILES string of the molecule is CCC(=O)N[C@H](C)C(=O)N1CCN(S(=O)(=O)c2ccc(Br)cc2)CC1. The maximum absolute atomic E-state index is 12.6. The van der Waals surface area contributed by atoms with Crippen LogP contribution >= 0.6 is 15.9 Å². The quantitative estimate of drug-likeness (QED) is 0.758. The molecule has 1 aromatic rings. The van der Waals surface area contributed by atoms with E-state index in [1.54, 1.807) is 43.0 Å². The summed E-state index contributed by atoms with van der Waals surface area (Å²) in [5.74, 6) is -0.375. The molecule has 1 fully saturated rings. The Morgan fingerprint density at radius 3 is 2.24 bits per heavy atom. The molecule has 1 saturated heterocycles. The van der Waals surface area contributed by atoms with E-state index in [0.717, 1.165) is 4.47 Å². The van der Waals surface area contributed by atoms with Crippen molar-refractivity contribution < 1.29 is 18.0 Å². The Balaban J connectivity index is 1.98. The van der Waals surface area contributed by atoms with Crippen molar-refractivity contribution in [1.82, 2.24) is 14.5 Å². The first-order chi connectivity index (χ1) is 11.8. The van der Waals surface area contributed by atoms with Crippen molar-refractivity contribution in [2.45, 2.75) is 31.2 Å². The van der Waals surface area contributed by atoms with E-state index in [2.05, 4.69) is 21.2 Å². The lowest BCUT2D eigenvalue weighted by atomic mass is 10.2. The molecular weight excluding hydrogens is 410 g/mol. The number of amides is 2. The Morgan fingerprint density at radius 2 is 1.72 bits per heavy atom. The monoisotopic (exact) mass is 431 g/mol. The van der Waals surface area contributed by atoms with Crippen LogP contribution in [0.1, 0.15) is 20.3 Å². The summed E-state index contributed by atoms with van der Waals surface area (Å²) in [4.78, 5) is 25.6. The first-order valence-electron chi connectivity index (χ1n) is 8.09. The van der Waals surface area contributed by atoms with Gasteiger partial charge in [-0.2, -0.15) is 4.31 Å². The number of hydrogen-bond donors (Lipinski definition) is 1. The second-order valence-electron chi connectivity index (χ2n) is 5.83. The third-order valence-electron chi connectivity index (χ3n) is 4.07. The fraction of sp³-hybridized carbons (Fsp3) is 0.500. The van der Waals surface area contributed by atoms with E-state index in [1.807, 2.05) is 0 Å². The highest BCUT2D eigenvalue weighted by Gasteiger charge is 2.31. The van der Waals surface area contributed by atoms with Crippen LogP contribution in [0.3, 0.4) is 0 Å². The third-order valence-corrected chi connectivity index (χ3v) is 6.51. The summed E-state index contributed by atoms with van der Waals surface area (Å²) in [6.07, 6.45) is 0.316. The Kier molecular flexibility index (Phi) is 6.59. The van der Waals surface area contributed by atoms with Crippen molar-refractivity contribution in [2.24, 2.45) is 0 Å². The van der Waals surface area contributed by atoms with Gasteiger partial charge in [-0.1, -0.05) is 22.9 Å². The van der Waals surface area contributed by atoms with Gasteiger partial charge in [0.2, 0.25) is 21.8 Å². The smallest absolute Gasteiger partial charge is 0.244 e. The largest absolute Gasteiger partial charge is 0.345 e. The van der Waals surface area contributed by atoms with E-state index in [1.165, 1.54) is 4.31 Å². The number of benzene rings is 1. The number of rotatable bonds is 5. The van der Waals surface area contributed by atoms with Crippen LogP contribution in [0, 0.1) is 0 Å². The minimum absolute atomic E-state index is 0.183. The molecule has 2 rings (SSSR count). The fourth-order valence-corrected chi connectivity index (χ4v) is 4.27. The van der Waals surface area contributed by atoms with Gasteiger partial charge in [-0.15, -0.1) is 0 Å². The number of nitrogens with zero attached hydrogens (tertiary/aromatic N) is 2. The topological polar surface area (TPSA) is 86.8 Å². The first-order valence-corrected chi connectivity index (χ1v) is 10.3. The zero-order valence-electron chi connectivity index (χ0n) is 14.2. The predicted octanol–water partition coefficient (Wildman–Crippen LogP) is 1.20. The minimum atomic E-state index is -3.57. The second-order valence-corrected chi connectivity index (χ2v) is 8.68. The van der Waals surface area contributed by atoms with Gasteiger partial charge in [0, 0.05) is 37.1 Å². The van der Waals surface area contributed by atoms with E-state index < -0.39 is 16.1 Å². The molecule has 9 heteroatoms. The maximum atomic E-state index is 12.6. The summed E-state index contributed by atoms with van der Waals surface area (Å²) in [6.45, 7) is 4.44. The molecule has 1 aliphatic heterocycles. The Bertz CT molecular complexity index is 728. The molecule has 138 valence electrons. The van der Waals surface area contributed by atoms with Crippen molar-refractivity contribution in [3.05, 3.63) is 28.7 Å². The van der Waals surface area contributed by atoms with Gasteiger partial charge < -0.3 is 10.2 Å². The maximum Gasteiger partial charge on any atom is 0.244 e. The summed E-state index contributed by atoms with van der Waals surface area (Å²) in [5, 5.41) is 2.63. The lowest BCUT2D eigenvalue weighted by molar-refractivity contribution is -0.136. The fourth-order valence-electron chi connectivity index (χ4n) is 2.58. The molecule has 1 aliphatic rings. The van der Waals surface area contributed by atoms with Crippen LogP contribution in [0.15, 0.2) is 33.6 Å². The van der Waals surface area contributed by atoms with Crippen LogP contribution in [0.5, 0.6) is 0 Å². The molecule has 0 aliphatic carbocycles. The van der Waals surface area contributed by atoms with Gasteiger partial charge >= 0.3 is 0 Å². The van der Waals surface area contributed by atoms with Gasteiger partial charge in [0.25, 0.3) is 0 Å². The standard InChI is InChI=1S/C16H22BrN3O4S/c1-3-15(21)18-12(2)16(22)19-8-10-20(11-9-19)25(23,24)14-6-4-13(17)5-7-14/h4-7,12H,3,8-11H2,1-2H3,(H,18,21)/t12-/m1/s1. The van der Waals surface area contributed by atoms with Gasteiger partial charge in [0.15, 0.2) is 0 Å². The van der Waals surface area contributed by atoms with Crippen LogP contribution in [-0.4, -0.2) is 61.7 Å². The molecule has 25 heavy (non-hydrogen) atoms. The summed E-state index contributed by atoms with van der Waals surface area (Å²) in [6, 6.07) is 5.87. The molecule has 0 unspecified atom stereocenters. The molecule has 0 saturated carbocycles. The molecule has 0 aromatic heterocycles. The van der Waals surface area contributed by atoms with E-state index in [-0.39, 0.29) is 29.8 Å². The van der Waals surface area contributed by atoms with Crippen LogP contribution in [0.2, 0.25) is 0 Å². The van der Waals surface area contributed by atoms with Crippen molar-refractivity contribution in [3.8, 4) is 0 Å². The Morgan fingerprint density at radius 1 is 1.16 bits per heavy atom. The van der Waals surface area contributed by atoms with Gasteiger partial charge in [0.05, 0.1) is 4.90 Å². The highest BCUT2D eigenvalue weighted by atomic mass is 79.9. The Hall–Kier alpha value is -1.45. The molecule has 0 spiro atoms. The number of carbonyl (C=O) groups is 2. The zero-order valence-corrected chi connectivity index (χ0v) is 16.6. The van der Waals surface area contributed by atoms with Crippen LogP contribution in [0.4, 0.5) is 0 Å². The molecule has 7 nitrogen and oxygen atoms in total. The molecule has 1 atom stereocenters. The van der Waals surface area contributed by atoms with Crippen LogP contribution in [0.25, 0.3) is 0 Å². The van der Waals surface area contributed by atoms with E-state index >= 15 is 0 Å². The third kappa shape index (κ3) is 4.80. The Labute approximate surface area is 156 Å². The summed E-state index contributed by atoms with van der Waals surface area (Å²) in [7, 11) is -3.57. The van der Waals surface area contributed by atoms with E-state index in [9.17, 15) is 18.0 Å². The minimum Gasteiger partial charge on any atom is -0.345 e. The molecule has 0 radical (unpaired) electrons. The van der Waals surface area contributed by atoms with E-state index in [0.29, 0.717) is 19.5 Å². The number of hydrogen-bond acceptors (Lipinski definition) is 4. The second kappa shape index (κ2) is 8.29. The molecular formula is C16H22BrN3O4S. The van der Waals surface area contributed by atoms with Crippen molar-refractivity contribution in [3.63, 3.8) is 0 Å². The van der Waals surface area contributed by atoms with E-state index in [4.69, 9.17) is 0 Å². The summed E-state index contributed by atoms with van der Waals surface area (Å²) in [5.41, 5.74) is 0. The zero-order chi connectivity index (χ0) is 18.6. The average molecular weight is 432 g/mol. The van der Waals surface area contributed by atoms with Gasteiger partial charge in [0.1, 0.15) is 6.04 Å². The number of halogens is 1. The molecule has 1 heterocycles. The predicted molar refractivity (Wildman–Crippen MR) is 97.4 cm³/mol. The lowest BCUT2D eigenvalue weighted by Crippen LogP contribution is -2.55. The molecule has 1 aromatic carbocycles. The van der Waals surface area contributed by atoms with Crippen molar-refractivity contribution >= 4 is 37.8 Å². The molecule has 1 N–H and O–H groups in total. The first kappa shape index (κ1) is 19.9. The van der Waals surface area contributed by atoms with Gasteiger partial charge in [-0.05, 0) is 31.2 Å². The van der Waals surface area contributed by atoms with Gasteiger partial charge in [-0.3, -0.25) is 9.59 Å². The number of carbonyl (C=O) groups excluding carboxylic acids is 2. The van der Waals surface area contributed by atoms with Crippen molar-refractivity contribution in [1.29, 1.82) is 0 Å². The summed E-state index contributed by atoms with van der Waals surface area (Å²) < 4.78 is 27.5. The number of nitrogens with one attached hydrogen (secondary N) is 1. The van der Waals surface area contributed by atoms with Crippen molar-refractivity contribution in [2.75, 3.05) is 26.2 Å². The average Bonchev–Trinajstić information content (AvgIpc) is 2.61. The highest BCUT2D eigenvalue weighted by molar-refractivity contribution is 9.10. The number of sulfonamides is 1. The number of piperazine rings is 1. The normalized spacial score (nSPS) is 17.2. The lowest BCUT2D eigenvalue weighted by Gasteiger charge is -2.35. The molecule has 0 bridgehead atoms. The van der Waals surface area contributed by atoms with Gasteiger partial charge in [-0.25, -0.2) is 8.42 Å².